The number of hydrazone groups is 1. The number of halogens is 1. The van der Waals surface area contributed by atoms with Crippen molar-refractivity contribution in [2.45, 2.75) is 5.16 Å². The lowest BCUT2D eigenvalue weighted by molar-refractivity contribution is -0.118. The molecule has 0 aliphatic rings. The summed E-state index contributed by atoms with van der Waals surface area (Å²) >= 11 is 7.36. The fourth-order valence-corrected chi connectivity index (χ4v) is 4.10. The molecule has 1 aromatic heterocycles. The van der Waals surface area contributed by atoms with Crippen LogP contribution in [0.2, 0.25) is 5.02 Å². The second-order valence-electron chi connectivity index (χ2n) is 7.17. The lowest BCUT2D eigenvalue weighted by Crippen LogP contribution is -2.20. The molecule has 0 aliphatic heterocycles. The van der Waals surface area contributed by atoms with Crippen LogP contribution in [0.1, 0.15) is 5.56 Å². The maximum Gasteiger partial charge on any atom is 0.250 e. The minimum Gasteiger partial charge on any atom is -0.497 e. The Labute approximate surface area is 211 Å². The zero-order valence-corrected chi connectivity index (χ0v) is 20.6. The van der Waals surface area contributed by atoms with E-state index >= 15 is 0 Å². The SMILES string of the molecule is COc1ccc(-c2nnc(SCC(=O)NN=Cc3ccccc3Cl)n2-c2ccc(OC)cc2)cc1. The second kappa shape index (κ2) is 11.5. The summed E-state index contributed by atoms with van der Waals surface area (Å²) in [5.74, 6) is 1.92. The van der Waals surface area contributed by atoms with Crippen molar-refractivity contribution in [3.63, 3.8) is 0 Å². The van der Waals surface area contributed by atoms with E-state index in [1.54, 1.807) is 20.3 Å². The molecule has 0 unspecified atom stereocenters. The monoisotopic (exact) mass is 507 g/mol. The van der Waals surface area contributed by atoms with Crippen molar-refractivity contribution in [3.8, 4) is 28.6 Å². The third-order valence-corrected chi connectivity index (χ3v) is 6.22. The van der Waals surface area contributed by atoms with E-state index in [1.165, 1.54) is 18.0 Å². The number of thioether (sulfide) groups is 1. The Morgan fingerprint density at radius 3 is 2.31 bits per heavy atom. The van der Waals surface area contributed by atoms with Gasteiger partial charge in [-0.15, -0.1) is 10.2 Å². The molecule has 4 rings (SSSR count). The van der Waals surface area contributed by atoms with Crippen LogP contribution in [0.3, 0.4) is 0 Å². The van der Waals surface area contributed by atoms with Gasteiger partial charge in [0.1, 0.15) is 11.5 Å². The summed E-state index contributed by atoms with van der Waals surface area (Å²) < 4.78 is 12.4. The van der Waals surface area contributed by atoms with Gasteiger partial charge in [0.05, 0.1) is 26.2 Å². The number of rotatable bonds is 9. The van der Waals surface area contributed by atoms with Crippen molar-refractivity contribution in [1.29, 1.82) is 0 Å². The Morgan fingerprint density at radius 1 is 1.00 bits per heavy atom. The first-order chi connectivity index (χ1) is 17.1. The van der Waals surface area contributed by atoms with Gasteiger partial charge in [0, 0.05) is 21.8 Å². The molecule has 0 atom stereocenters. The molecule has 0 fully saturated rings. The van der Waals surface area contributed by atoms with Crippen LogP contribution < -0.4 is 14.9 Å². The Morgan fingerprint density at radius 2 is 1.66 bits per heavy atom. The maximum atomic E-state index is 12.4. The fourth-order valence-electron chi connectivity index (χ4n) is 3.17. The third kappa shape index (κ3) is 6.00. The highest BCUT2D eigenvalue weighted by Gasteiger charge is 2.17. The number of aromatic nitrogens is 3. The summed E-state index contributed by atoms with van der Waals surface area (Å²) in [7, 11) is 3.23. The van der Waals surface area contributed by atoms with Crippen LogP contribution in [-0.2, 0) is 4.79 Å². The highest BCUT2D eigenvalue weighted by atomic mass is 35.5. The predicted molar refractivity (Wildman–Crippen MR) is 138 cm³/mol. The van der Waals surface area contributed by atoms with E-state index in [0.29, 0.717) is 21.6 Å². The van der Waals surface area contributed by atoms with Crippen LogP contribution in [0.4, 0.5) is 0 Å². The number of amides is 1. The van der Waals surface area contributed by atoms with E-state index in [0.717, 1.165) is 22.7 Å². The molecule has 0 spiro atoms. The van der Waals surface area contributed by atoms with Crippen molar-refractivity contribution < 1.29 is 14.3 Å². The number of hydrogen-bond donors (Lipinski definition) is 1. The molecule has 178 valence electrons. The molecule has 0 bridgehead atoms. The van der Waals surface area contributed by atoms with Gasteiger partial charge in [0.15, 0.2) is 11.0 Å². The standard InChI is InChI=1S/C25H22ClN5O3S/c1-33-20-11-7-17(8-12-20)24-29-30-25(31(24)19-9-13-21(34-2)14-10-19)35-16-23(32)28-27-15-18-5-3-4-6-22(18)26/h3-15H,16H2,1-2H3,(H,28,32). The highest BCUT2D eigenvalue weighted by molar-refractivity contribution is 7.99. The topological polar surface area (TPSA) is 90.6 Å². The quantitative estimate of drug-likeness (QED) is 0.198. The smallest absolute Gasteiger partial charge is 0.250 e. The van der Waals surface area contributed by atoms with Gasteiger partial charge in [0.25, 0.3) is 5.91 Å². The number of ether oxygens (including phenoxy) is 2. The second-order valence-corrected chi connectivity index (χ2v) is 8.52. The molecule has 3 aromatic carbocycles. The molecule has 10 heteroatoms. The van der Waals surface area contributed by atoms with E-state index in [9.17, 15) is 4.79 Å². The summed E-state index contributed by atoms with van der Waals surface area (Å²) in [4.78, 5) is 12.4. The van der Waals surface area contributed by atoms with Gasteiger partial charge in [-0.1, -0.05) is 41.6 Å². The van der Waals surface area contributed by atoms with Crippen LogP contribution >= 0.6 is 23.4 Å². The normalized spacial score (nSPS) is 10.9. The lowest BCUT2D eigenvalue weighted by Gasteiger charge is -2.11. The minimum atomic E-state index is -0.284. The van der Waals surface area contributed by atoms with Crippen LogP contribution in [0, 0.1) is 0 Å². The number of nitrogens with zero attached hydrogens (tertiary/aromatic N) is 4. The molecule has 0 radical (unpaired) electrons. The summed E-state index contributed by atoms with van der Waals surface area (Å²) in [5.41, 5.74) is 4.92. The van der Waals surface area contributed by atoms with Crippen molar-refractivity contribution in [3.05, 3.63) is 83.4 Å². The van der Waals surface area contributed by atoms with Gasteiger partial charge in [-0.05, 0) is 54.6 Å². The van der Waals surface area contributed by atoms with Crippen molar-refractivity contribution >= 4 is 35.5 Å². The molecule has 1 amide bonds. The molecule has 8 nitrogen and oxygen atoms in total. The summed E-state index contributed by atoms with van der Waals surface area (Å²) in [6.07, 6.45) is 1.51. The maximum absolute atomic E-state index is 12.4. The van der Waals surface area contributed by atoms with Gasteiger partial charge < -0.3 is 9.47 Å². The van der Waals surface area contributed by atoms with Gasteiger partial charge in [-0.25, -0.2) is 5.43 Å². The summed E-state index contributed by atoms with van der Waals surface area (Å²) in [5, 5.41) is 13.8. The molecule has 1 heterocycles. The fraction of sp³-hybridized carbons (Fsp3) is 0.120. The molecule has 0 saturated heterocycles. The number of hydrogen-bond acceptors (Lipinski definition) is 7. The Hall–Kier alpha value is -3.82. The Kier molecular flexibility index (Phi) is 8.02. The molecular weight excluding hydrogens is 486 g/mol. The average molecular weight is 508 g/mol. The number of carbonyl (C=O) groups is 1. The van der Waals surface area contributed by atoms with Crippen molar-refractivity contribution in [2.75, 3.05) is 20.0 Å². The van der Waals surface area contributed by atoms with E-state index in [4.69, 9.17) is 21.1 Å². The van der Waals surface area contributed by atoms with Crippen LogP contribution in [0.5, 0.6) is 11.5 Å². The molecule has 0 saturated carbocycles. The van der Waals surface area contributed by atoms with Gasteiger partial charge >= 0.3 is 0 Å². The van der Waals surface area contributed by atoms with Crippen LogP contribution in [0.25, 0.3) is 17.1 Å². The molecule has 0 aliphatic carbocycles. The first-order valence-corrected chi connectivity index (χ1v) is 11.9. The van der Waals surface area contributed by atoms with Gasteiger partial charge in [-0.3, -0.25) is 9.36 Å². The number of methoxy groups -OCH3 is 2. The van der Waals surface area contributed by atoms with Crippen LogP contribution in [-0.4, -0.2) is 46.9 Å². The van der Waals surface area contributed by atoms with E-state index < -0.39 is 0 Å². The zero-order chi connectivity index (χ0) is 24.6. The Bertz CT molecular complexity index is 1320. The molecule has 35 heavy (non-hydrogen) atoms. The van der Waals surface area contributed by atoms with Gasteiger partial charge in [-0.2, -0.15) is 5.10 Å². The minimum absolute atomic E-state index is 0.0940. The summed E-state index contributed by atoms with van der Waals surface area (Å²) in [6.45, 7) is 0. The van der Waals surface area contributed by atoms with E-state index in [1.807, 2.05) is 71.3 Å². The largest absolute Gasteiger partial charge is 0.497 e. The van der Waals surface area contributed by atoms with E-state index in [-0.39, 0.29) is 11.7 Å². The Balaban J connectivity index is 1.54. The van der Waals surface area contributed by atoms with Gasteiger partial charge in [0.2, 0.25) is 0 Å². The predicted octanol–water partition coefficient (Wildman–Crippen LogP) is 4.85. The molecular formula is C25H22ClN5O3S. The van der Waals surface area contributed by atoms with E-state index in [2.05, 4.69) is 20.7 Å². The lowest BCUT2D eigenvalue weighted by atomic mass is 10.2. The number of benzene rings is 3. The zero-order valence-electron chi connectivity index (χ0n) is 19.0. The molecule has 4 aromatic rings. The molecule has 1 N–H and O–H groups in total. The first-order valence-electron chi connectivity index (χ1n) is 10.5. The van der Waals surface area contributed by atoms with Crippen molar-refractivity contribution in [2.24, 2.45) is 5.10 Å². The summed E-state index contributed by atoms with van der Waals surface area (Å²) in [6, 6.07) is 22.3. The number of carbonyl (C=O) groups excluding carboxylic acids is 1. The number of nitrogens with one attached hydrogen (secondary N) is 1. The van der Waals surface area contributed by atoms with Crippen molar-refractivity contribution in [1.82, 2.24) is 20.2 Å². The van der Waals surface area contributed by atoms with Crippen LogP contribution in [0.15, 0.2) is 83.1 Å². The highest BCUT2D eigenvalue weighted by Crippen LogP contribution is 2.29. The first kappa shape index (κ1) is 24.3. The average Bonchev–Trinajstić information content (AvgIpc) is 3.32. The third-order valence-electron chi connectivity index (χ3n) is 4.94.